The summed E-state index contributed by atoms with van der Waals surface area (Å²) in [6.45, 7) is 0. The van der Waals surface area contributed by atoms with Gasteiger partial charge in [-0.25, -0.2) is 0 Å². The lowest BCUT2D eigenvalue weighted by Gasteiger charge is -2.13. The second-order valence-electron chi connectivity index (χ2n) is 13.4. The fourth-order valence-electron chi connectivity index (χ4n) is 7.89. The van der Waals surface area contributed by atoms with Crippen molar-refractivity contribution in [3.8, 4) is 40.1 Å². The van der Waals surface area contributed by atoms with Gasteiger partial charge in [0.2, 0.25) is 11.9 Å². The van der Waals surface area contributed by atoms with Crippen molar-refractivity contribution in [2.75, 3.05) is 0 Å². The first-order valence-corrected chi connectivity index (χ1v) is 17.8. The van der Waals surface area contributed by atoms with Crippen molar-refractivity contribution < 1.29 is 0 Å². The summed E-state index contributed by atoms with van der Waals surface area (Å²) in [6, 6.07) is 61.6. The molecule has 0 fully saturated rings. The van der Waals surface area contributed by atoms with Gasteiger partial charge in [-0.1, -0.05) is 127 Å². The minimum atomic E-state index is 0.558. The van der Waals surface area contributed by atoms with Gasteiger partial charge in [0.05, 0.1) is 27.6 Å². The molecule has 0 saturated heterocycles. The highest BCUT2D eigenvalue weighted by Gasteiger charge is 2.21. The van der Waals surface area contributed by atoms with E-state index in [0.717, 1.165) is 65.9 Å². The molecule has 0 unspecified atom stereocenters. The lowest BCUT2D eigenvalue weighted by molar-refractivity contribution is 0.893. The molecule has 0 aliphatic rings. The topological polar surface area (TPSA) is 53.5 Å². The highest BCUT2D eigenvalue weighted by atomic mass is 15.3. The molecule has 0 atom stereocenters. The SMILES string of the molecule is c1ccc(-c2ccc(-c3nc(-n4c5ccccc5c5ccccc54)nc(-n4c5ccccc5c5cc6ccn(-c7ccccc7)c6cc54)n3)cc2)cc1. The van der Waals surface area contributed by atoms with E-state index in [9.17, 15) is 0 Å². The van der Waals surface area contributed by atoms with Gasteiger partial charge in [-0.05, 0) is 59.7 Å². The molecule has 0 saturated carbocycles. The van der Waals surface area contributed by atoms with Crippen LogP contribution in [-0.4, -0.2) is 28.7 Å². The van der Waals surface area contributed by atoms with E-state index in [1.807, 2.05) is 12.1 Å². The molecule has 4 aromatic heterocycles. The van der Waals surface area contributed by atoms with E-state index >= 15 is 0 Å². The molecule has 0 amide bonds. The zero-order valence-corrected chi connectivity index (χ0v) is 28.5. The van der Waals surface area contributed by atoms with Crippen molar-refractivity contribution in [1.29, 1.82) is 0 Å². The predicted molar refractivity (Wildman–Crippen MR) is 216 cm³/mol. The van der Waals surface area contributed by atoms with Gasteiger partial charge in [-0.2, -0.15) is 15.0 Å². The summed E-state index contributed by atoms with van der Waals surface area (Å²) in [5.41, 5.74) is 9.58. The van der Waals surface area contributed by atoms with Gasteiger partial charge in [0.25, 0.3) is 0 Å². The predicted octanol–water partition coefficient (Wildman–Crippen LogP) is 11.3. The maximum Gasteiger partial charge on any atom is 0.240 e. The van der Waals surface area contributed by atoms with Gasteiger partial charge in [-0.15, -0.1) is 0 Å². The zero-order valence-electron chi connectivity index (χ0n) is 28.5. The molecule has 0 aliphatic heterocycles. The Morgan fingerprint density at radius 3 is 1.45 bits per heavy atom. The summed E-state index contributed by atoms with van der Waals surface area (Å²) in [5, 5.41) is 5.76. The number of hydrogen-bond acceptors (Lipinski definition) is 3. The summed E-state index contributed by atoms with van der Waals surface area (Å²) in [4.78, 5) is 15.9. The van der Waals surface area contributed by atoms with Crippen LogP contribution in [0.25, 0.3) is 94.6 Å². The molecule has 6 heteroatoms. The Hall–Kier alpha value is -7.31. The van der Waals surface area contributed by atoms with Crippen LogP contribution in [0.15, 0.2) is 182 Å². The standard InChI is InChI=1S/C47H30N6/c1-3-13-31(14-4-1)32-23-25-33(26-24-32)45-48-46(52-40-20-10-7-17-36(40)37-18-8-11-21-41(37)52)50-47(49-45)53-42-22-12-9-19-38(42)39-29-34-27-28-51(43(34)30-44(39)53)35-15-5-2-6-16-35/h1-30H. The van der Waals surface area contributed by atoms with Gasteiger partial charge >= 0.3 is 0 Å². The molecule has 0 radical (unpaired) electrons. The van der Waals surface area contributed by atoms with Crippen LogP contribution in [0.2, 0.25) is 0 Å². The molecule has 11 rings (SSSR count). The van der Waals surface area contributed by atoms with Gasteiger partial charge in [-0.3, -0.25) is 9.13 Å². The Kier molecular flexibility index (Phi) is 6.45. The van der Waals surface area contributed by atoms with Crippen LogP contribution in [0.4, 0.5) is 0 Å². The molecule has 0 N–H and O–H groups in total. The van der Waals surface area contributed by atoms with Gasteiger partial charge in [0, 0.05) is 44.4 Å². The van der Waals surface area contributed by atoms with Crippen molar-refractivity contribution in [2.24, 2.45) is 0 Å². The fraction of sp³-hybridized carbons (Fsp3) is 0. The Labute approximate surface area is 304 Å². The van der Waals surface area contributed by atoms with Crippen LogP contribution in [0, 0.1) is 0 Å². The van der Waals surface area contributed by atoms with Gasteiger partial charge in [0.1, 0.15) is 0 Å². The molecule has 7 aromatic carbocycles. The molecule has 4 heterocycles. The van der Waals surface area contributed by atoms with E-state index in [-0.39, 0.29) is 0 Å². The number of aromatic nitrogens is 6. The quantitative estimate of drug-likeness (QED) is 0.182. The molecular weight excluding hydrogens is 649 g/mol. The van der Waals surface area contributed by atoms with Crippen molar-refractivity contribution in [2.45, 2.75) is 0 Å². The lowest BCUT2D eigenvalue weighted by atomic mass is 10.0. The number of rotatable bonds is 5. The second-order valence-corrected chi connectivity index (χ2v) is 13.4. The van der Waals surface area contributed by atoms with Gasteiger partial charge in [0.15, 0.2) is 5.82 Å². The van der Waals surface area contributed by atoms with Gasteiger partial charge < -0.3 is 4.57 Å². The molecule has 0 spiro atoms. The van der Waals surface area contributed by atoms with E-state index in [4.69, 9.17) is 15.0 Å². The Balaban J connectivity index is 1.21. The van der Waals surface area contributed by atoms with E-state index in [0.29, 0.717) is 17.7 Å². The third kappa shape index (κ3) is 4.63. The average Bonchev–Trinajstić information content (AvgIpc) is 3.90. The van der Waals surface area contributed by atoms with Crippen LogP contribution in [0.5, 0.6) is 0 Å². The molecular formula is C47H30N6. The Morgan fingerprint density at radius 2 is 0.830 bits per heavy atom. The molecule has 0 bridgehead atoms. The Bertz CT molecular complexity index is 3100. The van der Waals surface area contributed by atoms with Crippen LogP contribution >= 0.6 is 0 Å². The first-order chi connectivity index (χ1) is 26.3. The molecule has 6 nitrogen and oxygen atoms in total. The van der Waals surface area contributed by atoms with Crippen LogP contribution in [0.1, 0.15) is 0 Å². The van der Waals surface area contributed by atoms with Crippen molar-refractivity contribution >= 4 is 54.5 Å². The van der Waals surface area contributed by atoms with Crippen molar-refractivity contribution in [3.05, 3.63) is 182 Å². The fourth-order valence-corrected chi connectivity index (χ4v) is 7.89. The van der Waals surface area contributed by atoms with E-state index in [1.54, 1.807) is 0 Å². The molecule has 53 heavy (non-hydrogen) atoms. The summed E-state index contributed by atoms with van der Waals surface area (Å²) in [5.74, 6) is 1.72. The normalized spacial score (nSPS) is 11.8. The number of nitrogens with zero attached hydrogens (tertiary/aromatic N) is 6. The first kappa shape index (κ1) is 29.4. The second kappa shape index (κ2) is 11.6. The summed E-state index contributed by atoms with van der Waals surface area (Å²) >= 11 is 0. The summed E-state index contributed by atoms with van der Waals surface area (Å²) < 4.78 is 6.62. The first-order valence-electron chi connectivity index (χ1n) is 17.8. The van der Waals surface area contributed by atoms with E-state index in [2.05, 4.69) is 184 Å². The largest absolute Gasteiger partial charge is 0.316 e. The number of para-hydroxylation sites is 4. The maximum absolute atomic E-state index is 5.35. The van der Waals surface area contributed by atoms with Crippen molar-refractivity contribution in [1.82, 2.24) is 28.7 Å². The maximum atomic E-state index is 5.35. The van der Waals surface area contributed by atoms with Crippen molar-refractivity contribution in [3.63, 3.8) is 0 Å². The molecule has 248 valence electrons. The number of benzene rings is 7. The zero-order chi connectivity index (χ0) is 34.9. The molecule has 11 aromatic rings. The molecule has 0 aliphatic carbocycles. The third-order valence-electron chi connectivity index (χ3n) is 10.4. The summed E-state index contributed by atoms with van der Waals surface area (Å²) in [6.07, 6.45) is 2.14. The third-order valence-corrected chi connectivity index (χ3v) is 10.4. The minimum absolute atomic E-state index is 0.558. The van der Waals surface area contributed by atoms with Crippen LogP contribution < -0.4 is 0 Å². The summed E-state index contributed by atoms with van der Waals surface area (Å²) in [7, 11) is 0. The monoisotopic (exact) mass is 678 g/mol. The van der Waals surface area contributed by atoms with Crippen LogP contribution in [-0.2, 0) is 0 Å². The highest BCUT2D eigenvalue weighted by molar-refractivity contribution is 6.13. The Morgan fingerprint density at radius 1 is 0.340 bits per heavy atom. The minimum Gasteiger partial charge on any atom is -0.316 e. The van der Waals surface area contributed by atoms with E-state index in [1.165, 1.54) is 10.9 Å². The van der Waals surface area contributed by atoms with Crippen LogP contribution in [0.3, 0.4) is 0 Å². The number of hydrogen-bond donors (Lipinski definition) is 0. The average molecular weight is 679 g/mol. The van der Waals surface area contributed by atoms with E-state index < -0.39 is 0 Å². The smallest absolute Gasteiger partial charge is 0.240 e. The highest BCUT2D eigenvalue weighted by Crippen LogP contribution is 2.37. The lowest BCUT2D eigenvalue weighted by Crippen LogP contribution is -2.10. The number of fused-ring (bicyclic) bond motifs is 7.